The summed E-state index contributed by atoms with van der Waals surface area (Å²) < 4.78 is 6.97. The molecule has 27 heavy (non-hydrogen) atoms. The number of fused-ring (bicyclic) bond motifs is 1. The van der Waals surface area contributed by atoms with Crippen LogP contribution in [0.2, 0.25) is 0 Å². The van der Waals surface area contributed by atoms with Crippen molar-refractivity contribution in [2.75, 3.05) is 18.6 Å². The van der Waals surface area contributed by atoms with Gasteiger partial charge in [-0.25, -0.2) is 4.98 Å². The number of rotatable bonds is 4. The number of ether oxygens (including phenoxy) is 1. The van der Waals surface area contributed by atoms with Gasteiger partial charge in [0.15, 0.2) is 0 Å². The van der Waals surface area contributed by atoms with E-state index in [1.54, 1.807) is 18.2 Å². The van der Waals surface area contributed by atoms with Crippen molar-refractivity contribution in [3.63, 3.8) is 0 Å². The molecule has 3 aromatic rings. The average molecular weight is 364 g/mol. The summed E-state index contributed by atoms with van der Waals surface area (Å²) in [6.07, 6.45) is 3.83. The average Bonchev–Trinajstić information content (AvgIpc) is 3.26. The smallest absolute Gasteiger partial charge is 0.271 e. The van der Waals surface area contributed by atoms with Gasteiger partial charge in [-0.15, -0.1) is 0 Å². The van der Waals surface area contributed by atoms with Gasteiger partial charge < -0.3 is 19.4 Å². The minimum absolute atomic E-state index is 0.0173. The number of carbonyl (C=O) groups is 2. The minimum Gasteiger partial charge on any atom is -0.497 e. The van der Waals surface area contributed by atoms with Crippen LogP contribution in [0, 0.1) is 6.92 Å². The second-order valence-corrected chi connectivity index (χ2v) is 6.63. The van der Waals surface area contributed by atoms with Gasteiger partial charge in [-0.05, 0) is 42.8 Å². The maximum Gasteiger partial charge on any atom is 0.271 e. The zero-order chi connectivity index (χ0) is 19.0. The molecule has 2 amide bonds. The van der Waals surface area contributed by atoms with Crippen LogP contribution in [-0.2, 0) is 4.79 Å². The molecule has 0 spiro atoms. The molecule has 1 atom stereocenters. The molecule has 0 radical (unpaired) electrons. The monoisotopic (exact) mass is 364 g/mol. The Labute approximate surface area is 156 Å². The summed E-state index contributed by atoms with van der Waals surface area (Å²) in [4.78, 5) is 31.0. The molecule has 1 aromatic carbocycles. The number of aromatic nitrogens is 2. The molecule has 1 aliphatic heterocycles. The Bertz CT molecular complexity index is 1010. The fourth-order valence-electron chi connectivity index (χ4n) is 3.34. The van der Waals surface area contributed by atoms with E-state index in [1.165, 1.54) is 0 Å². The van der Waals surface area contributed by atoms with E-state index >= 15 is 0 Å². The number of hydrogen-bond donors (Lipinski definition) is 1. The molecule has 3 heterocycles. The van der Waals surface area contributed by atoms with Crippen LogP contribution in [0.5, 0.6) is 5.75 Å². The van der Waals surface area contributed by atoms with Crippen LogP contribution in [0.4, 0.5) is 5.69 Å². The molecule has 1 fully saturated rings. The van der Waals surface area contributed by atoms with Crippen molar-refractivity contribution in [1.82, 2.24) is 14.7 Å². The van der Waals surface area contributed by atoms with Crippen molar-refractivity contribution in [2.45, 2.75) is 19.4 Å². The molecule has 138 valence electrons. The van der Waals surface area contributed by atoms with Crippen LogP contribution < -0.4 is 15.0 Å². The summed E-state index contributed by atoms with van der Waals surface area (Å²) in [6.45, 7) is 2.38. The molecule has 4 rings (SSSR count). The fraction of sp³-hybridized carbons (Fsp3) is 0.250. The molecule has 1 N–H and O–H groups in total. The molecular weight excluding hydrogens is 344 g/mol. The first-order valence-corrected chi connectivity index (χ1v) is 8.75. The lowest BCUT2D eigenvalue weighted by Crippen LogP contribution is -2.37. The van der Waals surface area contributed by atoms with Crippen molar-refractivity contribution in [1.29, 1.82) is 0 Å². The number of imidazole rings is 1. The van der Waals surface area contributed by atoms with Crippen LogP contribution >= 0.6 is 0 Å². The third-order valence-corrected chi connectivity index (χ3v) is 4.75. The number of pyridine rings is 1. The van der Waals surface area contributed by atoms with Gasteiger partial charge in [0.2, 0.25) is 5.91 Å². The Hall–Kier alpha value is -3.35. The Balaban J connectivity index is 1.47. The van der Waals surface area contributed by atoms with E-state index in [1.807, 2.05) is 53.9 Å². The van der Waals surface area contributed by atoms with Crippen molar-refractivity contribution in [2.24, 2.45) is 0 Å². The first kappa shape index (κ1) is 17.1. The lowest BCUT2D eigenvalue weighted by Gasteiger charge is -2.17. The molecule has 0 bridgehead atoms. The highest BCUT2D eigenvalue weighted by atomic mass is 16.5. The Morgan fingerprint density at radius 3 is 2.74 bits per heavy atom. The van der Waals surface area contributed by atoms with Crippen LogP contribution in [0.25, 0.3) is 5.65 Å². The van der Waals surface area contributed by atoms with Crippen molar-refractivity contribution in [3.05, 3.63) is 60.0 Å². The zero-order valence-electron chi connectivity index (χ0n) is 15.2. The summed E-state index contributed by atoms with van der Waals surface area (Å²) in [5.74, 6) is 0.446. The van der Waals surface area contributed by atoms with Gasteiger partial charge in [0.1, 0.15) is 17.1 Å². The summed E-state index contributed by atoms with van der Waals surface area (Å²) in [7, 11) is 1.60. The van der Waals surface area contributed by atoms with Crippen LogP contribution in [0.15, 0.2) is 48.8 Å². The molecule has 2 aromatic heterocycles. The number of benzene rings is 1. The second kappa shape index (κ2) is 6.75. The van der Waals surface area contributed by atoms with E-state index in [2.05, 4.69) is 10.3 Å². The second-order valence-electron chi connectivity index (χ2n) is 6.63. The topological polar surface area (TPSA) is 75.9 Å². The number of nitrogens with one attached hydrogen (secondary N) is 1. The quantitative estimate of drug-likeness (QED) is 0.770. The summed E-state index contributed by atoms with van der Waals surface area (Å²) in [5.41, 5.74) is 2.89. The van der Waals surface area contributed by atoms with E-state index in [4.69, 9.17) is 4.74 Å². The summed E-state index contributed by atoms with van der Waals surface area (Å²) in [6, 6.07) is 10.9. The maximum atomic E-state index is 12.6. The van der Waals surface area contributed by atoms with E-state index in [0.717, 1.165) is 22.6 Å². The van der Waals surface area contributed by atoms with E-state index in [-0.39, 0.29) is 24.3 Å². The lowest BCUT2D eigenvalue weighted by molar-refractivity contribution is -0.117. The van der Waals surface area contributed by atoms with Crippen LogP contribution in [-0.4, -0.2) is 40.9 Å². The van der Waals surface area contributed by atoms with Crippen molar-refractivity contribution >= 4 is 23.1 Å². The normalized spacial score (nSPS) is 16.7. The van der Waals surface area contributed by atoms with Gasteiger partial charge in [0.25, 0.3) is 5.91 Å². The van der Waals surface area contributed by atoms with Gasteiger partial charge in [-0.2, -0.15) is 0 Å². The van der Waals surface area contributed by atoms with Gasteiger partial charge in [-0.3, -0.25) is 9.59 Å². The highest BCUT2D eigenvalue weighted by Gasteiger charge is 2.32. The molecule has 7 nitrogen and oxygen atoms in total. The third-order valence-electron chi connectivity index (χ3n) is 4.75. The zero-order valence-corrected chi connectivity index (χ0v) is 15.2. The number of amides is 2. The first-order valence-electron chi connectivity index (χ1n) is 8.75. The summed E-state index contributed by atoms with van der Waals surface area (Å²) in [5, 5.41) is 2.93. The molecule has 1 aliphatic rings. The maximum absolute atomic E-state index is 12.6. The molecule has 7 heteroatoms. The Morgan fingerprint density at radius 2 is 2.04 bits per heavy atom. The number of methoxy groups -OCH3 is 1. The molecule has 0 aliphatic carbocycles. The summed E-state index contributed by atoms with van der Waals surface area (Å²) >= 11 is 0. The molecule has 0 unspecified atom stereocenters. The molecular formula is C20H20N4O3. The molecule has 0 saturated carbocycles. The number of hydrogen-bond acceptors (Lipinski definition) is 4. The molecule has 1 saturated heterocycles. The minimum atomic E-state index is -0.271. The number of anilines is 1. The highest BCUT2D eigenvalue weighted by Crippen LogP contribution is 2.24. The largest absolute Gasteiger partial charge is 0.497 e. The van der Waals surface area contributed by atoms with Crippen LogP contribution in [0.3, 0.4) is 0 Å². The van der Waals surface area contributed by atoms with Crippen molar-refractivity contribution in [3.8, 4) is 5.75 Å². The van der Waals surface area contributed by atoms with Gasteiger partial charge >= 0.3 is 0 Å². The van der Waals surface area contributed by atoms with Gasteiger partial charge in [-0.1, -0.05) is 6.07 Å². The van der Waals surface area contributed by atoms with Crippen LogP contribution in [0.1, 0.15) is 22.5 Å². The Morgan fingerprint density at radius 1 is 1.26 bits per heavy atom. The first-order chi connectivity index (χ1) is 13.0. The SMILES string of the molecule is COc1ccc(N2C[C@H](NC(=O)c3cn4cccc(C)c4n3)CC2=O)cc1. The number of aryl methyl sites for hydroxylation is 1. The number of carbonyl (C=O) groups excluding carboxylic acids is 2. The Kier molecular flexibility index (Phi) is 4.27. The predicted octanol–water partition coefficient (Wildman–Crippen LogP) is 2.19. The van der Waals surface area contributed by atoms with Crippen molar-refractivity contribution < 1.29 is 14.3 Å². The van der Waals surface area contributed by atoms with E-state index < -0.39 is 0 Å². The van der Waals surface area contributed by atoms with Gasteiger partial charge in [0.05, 0.1) is 13.2 Å². The third kappa shape index (κ3) is 3.23. The predicted molar refractivity (Wildman–Crippen MR) is 101 cm³/mol. The lowest BCUT2D eigenvalue weighted by atomic mass is 10.2. The van der Waals surface area contributed by atoms with E-state index in [9.17, 15) is 9.59 Å². The van der Waals surface area contributed by atoms with Gasteiger partial charge in [0, 0.05) is 31.0 Å². The highest BCUT2D eigenvalue weighted by molar-refractivity contribution is 5.98. The fourth-order valence-corrected chi connectivity index (χ4v) is 3.34. The van der Waals surface area contributed by atoms with E-state index in [0.29, 0.717) is 12.2 Å². The standard InChI is InChI=1S/C20H20N4O3/c1-13-4-3-9-23-12-17(22-19(13)23)20(26)21-14-10-18(25)24(11-14)15-5-7-16(27-2)8-6-15/h3-9,12,14H,10-11H2,1-2H3,(H,21,26)/t14-/m1/s1. The number of nitrogens with zero attached hydrogens (tertiary/aromatic N) is 3.